The number of urea groups is 1. The van der Waals surface area contributed by atoms with E-state index in [9.17, 15) is 18.0 Å². The molecule has 3 heterocycles. The second-order valence-electron chi connectivity index (χ2n) is 6.16. The van der Waals surface area contributed by atoms with Gasteiger partial charge in [0.25, 0.3) is 10.0 Å². The molecule has 0 aromatic carbocycles. The van der Waals surface area contributed by atoms with E-state index < -0.39 is 21.8 Å². The average Bonchev–Trinajstić information content (AvgIpc) is 3.27. The fraction of sp³-hybridized carbons (Fsp3) is 0.600. The van der Waals surface area contributed by atoms with Crippen molar-refractivity contribution in [1.29, 1.82) is 0 Å². The number of amides is 3. The first-order valence-electron chi connectivity index (χ1n) is 8.11. The number of carbonyl (C=O) groups excluding carboxylic acids is 2. The smallest absolute Gasteiger partial charge is 0.320 e. The van der Waals surface area contributed by atoms with Gasteiger partial charge in [-0.25, -0.2) is 9.52 Å². The Morgan fingerprint density at radius 3 is 2.50 bits per heavy atom. The number of sulfonamides is 1. The highest BCUT2D eigenvalue weighted by Gasteiger charge is 2.33. The Hall–Kier alpha value is -2.03. The Morgan fingerprint density at radius 1 is 1.12 bits per heavy atom. The Balaban J connectivity index is 1.62. The third-order valence-corrected chi connectivity index (χ3v) is 5.67. The third-order valence-electron chi connectivity index (χ3n) is 4.43. The minimum absolute atomic E-state index is 0.0566. The summed E-state index contributed by atoms with van der Waals surface area (Å²) in [5, 5.41) is -0.295. The summed E-state index contributed by atoms with van der Waals surface area (Å²) in [5.74, 6) is -1.12. The van der Waals surface area contributed by atoms with Gasteiger partial charge in [-0.05, 0) is 37.8 Å². The summed E-state index contributed by atoms with van der Waals surface area (Å²) in [5.41, 5.74) is 0. The van der Waals surface area contributed by atoms with Gasteiger partial charge in [0.15, 0.2) is 0 Å². The molecule has 2 aliphatic heterocycles. The van der Waals surface area contributed by atoms with Crippen LogP contribution in [0, 0.1) is 5.92 Å². The second kappa shape index (κ2) is 6.84. The quantitative estimate of drug-likeness (QED) is 0.872. The van der Waals surface area contributed by atoms with Gasteiger partial charge in [0.1, 0.15) is 0 Å². The molecule has 132 valence electrons. The zero-order chi connectivity index (χ0) is 17.2. The van der Waals surface area contributed by atoms with Gasteiger partial charge in [-0.3, -0.25) is 4.79 Å². The largest absolute Gasteiger partial charge is 0.451 e. The first-order chi connectivity index (χ1) is 11.5. The van der Waals surface area contributed by atoms with Crippen LogP contribution in [0.4, 0.5) is 4.79 Å². The molecule has 9 heteroatoms. The zero-order valence-corrected chi connectivity index (χ0v) is 14.1. The van der Waals surface area contributed by atoms with Crippen LogP contribution in [0.15, 0.2) is 27.9 Å². The van der Waals surface area contributed by atoms with E-state index in [2.05, 4.69) is 0 Å². The van der Waals surface area contributed by atoms with E-state index in [1.807, 2.05) is 4.72 Å². The van der Waals surface area contributed by atoms with Crippen LogP contribution in [-0.2, 0) is 14.8 Å². The molecule has 1 atom stereocenters. The van der Waals surface area contributed by atoms with Crippen LogP contribution < -0.4 is 4.72 Å². The molecule has 1 N–H and O–H groups in total. The van der Waals surface area contributed by atoms with E-state index >= 15 is 0 Å². The molecule has 24 heavy (non-hydrogen) atoms. The van der Waals surface area contributed by atoms with Crippen LogP contribution in [0.5, 0.6) is 0 Å². The summed E-state index contributed by atoms with van der Waals surface area (Å²) in [4.78, 5) is 28.2. The van der Waals surface area contributed by atoms with Gasteiger partial charge in [-0.15, -0.1) is 0 Å². The molecular weight excluding hydrogens is 334 g/mol. The Kier molecular flexibility index (Phi) is 4.79. The summed E-state index contributed by atoms with van der Waals surface area (Å²) in [6, 6.07) is 2.66. The summed E-state index contributed by atoms with van der Waals surface area (Å²) >= 11 is 0. The van der Waals surface area contributed by atoms with E-state index in [1.165, 1.54) is 18.4 Å². The van der Waals surface area contributed by atoms with Crippen LogP contribution in [-0.4, -0.2) is 56.3 Å². The zero-order valence-electron chi connectivity index (χ0n) is 13.3. The third kappa shape index (κ3) is 3.55. The second-order valence-corrected chi connectivity index (χ2v) is 7.78. The number of furan rings is 1. The Labute approximate surface area is 140 Å². The highest BCUT2D eigenvalue weighted by molar-refractivity contribution is 7.89. The fourth-order valence-corrected chi connectivity index (χ4v) is 4.13. The molecule has 2 saturated heterocycles. The van der Waals surface area contributed by atoms with Gasteiger partial charge in [0.05, 0.1) is 12.2 Å². The predicted octanol–water partition coefficient (Wildman–Crippen LogP) is 1.01. The van der Waals surface area contributed by atoms with Crippen molar-refractivity contribution in [3.05, 3.63) is 18.4 Å². The molecule has 8 nitrogen and oxygen atoms in total. The number of likely N-dealkylation sites (tertiary alicyclic amines) is 2. The van der Waals surface area contributed by atoms with Gasteiger partial charge >= 0.3 is 6.03 Å². The molecule has 1 aromatic rings. The van der Waals surface area contributed by atoms with Crippen LogP contribution in [0.1, 0.15) is 25.7 Å². The minimum atomic E-state index is -4.00. The maximum absolute atomic E-state index is 12.4. The molecule has 2 aliphatic rings. The van der Waals surface area contributed by atoms with Crippen molar-refractivity contribution in [2.45, 2.75) is 30.8 Å². The fourth-order valence-electron chi connectivity index (χ4n) is 3.16. The van der Waals surface area contributed by atoms with E-state index in [4.69, 9.17) is 4.42 Å². The standard InChI is InChI=1S/C15H21N3O5S/c19-14(16-24(21,22)13-6-4-10-23-13)12-5-3-9-18(11-12)15(20)17-7-1-2-8-17/h4,6,10,12H,1-3,5,7-9,11H2,(H,16,19). The highest BCUT2D eigenvalue weighted by atomic mass is 32.2. The van der Waals surface area contributed by atoms with Crippen LogP contribution in [0.25, 0.3) is 0 Å². The van der Waals surface area contributed by atoms with E-state index in [1.54, 1.807) is 9.80 Å². The Morgan fingerprint density at radius 2 is 1.83 bits per heavy atom. The number of hydrogen-bond donors (Lipinski definition) is 1. The number of rotatable bonds is 3. The van der Waals surface area contributed by atoms with Crippen molar-refractivity contribution >= 4 is 22.0 Å². The van der Waals surface area contributed by atoms with E-state index in [0.717, 1.165) is 25.9 Å². The van der Waals surface area contributed by atoms with Crippen molar-refractivity contribution in [1.82, 2.24) is 14.5 Å². The first kappa shape index (κ1) is 16.8. The Bertz CT molecular complexity index is 695. The molecular formula is C15H21N3O5S. The van der Waals surface area contributed by atoms with Gasteiger partial charge in [-0.1, -0.05) is 0 Å². The number of hydrogen-bond acceptors (Lipinski definition) is 5. The SMILES string of the molecule is O=C(NS(=O)(=O)c1ccco1)C1CCCN(C(=O)N2CCCC2)C1. The maximum Gasteiger partial charge on any atom is 0.320 e. The lowest BCUT2D eigenvalue weighted by Crippen LogP contribution is -2.50. The molecule has 0 spiro atoms. The van der Waals surface area contributed by atoms with Crippen molar-refractivity contribution in [3.63, 3.8) is 0 Å². The highest BCUT2D eigenvalue weighted by Crippen LogP contribution is 2.20. The van der Waals surface area contributed by atoms with Crippen molar-refractivity contribution in [2.24, 2.45) is 5.92 Å². The van der Waals surface area contributed by atoms with Gasteiger partial charge < -0.3 is 14.2 Å². The molecule has 0 radical (unpaired) electrons. The van der Waals surface area contributed by atoms with Crippen molar-refractivity contribution < 1.29 is 22.4 Å². The number of nitrogens with one attached hydrogen (secondary N) is 1. The van der Waals surface area contributed by atoms with Crippen LogP contribution in [0.3, 0.4) is 0 Å². The topological polar surface area (TPSA) is 99.9 Å². The van der Waals surface area contributed by atoms with Crippen LogP contribution in [0.2, 0.25) is 0 Å². The molecule has 1 aromatic heterocycles. The maximum atomic E-state index is 12.4. The molecule has 3 amide bonds. The lowest BCUT2D eigenvalue weighted by atomic mass is 9.98. The number of nitrogens with zero attached hydrogens (tertiary/aromatic N) is 2. The molecule has 0 saturated carbocycles. The summed E-state index contributed by atoms with van der Waals surface area (Å²) in [6.07, 6.45) is 4.48. The summed E-state index contributed by atoms with van der Waals surface area (Å²) in [6.45, 7) is 2.34. The minimum Gasteiger partial charge on any atom is -0.451 e. The van der Waals surface area contributed by atoms with Crippen molar-refractivity contribution in [2.75, 3.05) is 26.2 Å². The predicted molar refractivity (Wildman–Crippen MR) is 84.5 cm³/mol. The summed E-state index contributed by atoms with van der Waals surface area (Å²) < 4.78 is 31.0. The average molecular weight is 355 g/mol. The molecule has 2 fully saturated rings. The monoisotopic (exact) mass is 355 g/mol. The molecule has 0 bridgehead atoms. The lowest BCUT2D eigenvalue weighted by molar-refractivity contribution is -0.124. The van der Waals surface area contributed by atoms with Crippen molar-refractivity contribution in [3.8, 4) is 0 Å². The van der Waals surface area contributed by atoms with Gasteiger partial charge in [0, 0.05) is 26.2 Å². The van der Waals surface area contributed by atoms with Crippen LogP contribution >= 0.6 is 0 Å². The molecule has 1 unspecified atom stereocenters. The van der Waals surface area contributed by atoms with Gasteiger partial charge in [0.2, 0.25) is 11.0 Å². The molecule has 0 aliphatic carbocycles. The van der Waals surface area contributed by atoms with E-state index in [-0.39, 0.29) is 17.7 Å². The van der Waals surface area contributed by atoms with E-state index in [0.29, 0.717) is 19.4 Å². The molecule has 3 rings (SSSR count). The lowest BCUT2D eigenvalue weighted by Gasteiger charge is -2.34. The number of piperidine rings is 1. The number of carbonyl (C=O) groups is 2. The first-order valence-corrected chi connectivity index (χ1v) is 9.60. The normalized spacial score (nSPS) is 21.8. The van der Waals surface area contributed by atoms with Gasteiger partial charge in [-0.2, -0.15) is 8.42 Å². The summed E-state index contributed by atoms with van der Waals surface area (Å²) in [7, 11) is -4.00.